The van der Waals surface area contributed by atoms with Crippen LogP contribution < -0.4 is 10.6 Å². The molecule has 0 unspecified atom stereocenters. The SMILES string of the molecule is CCCCOCCCNC(=NC)NCc1ncnn1C. The summed E-state index contributed by atoms with van der Waals surface area (Å²) < 4.78 is 7.24. The van der Waals surface area contributed by atoms with Gasteiger partial charge in [0.15, 0.2) is 5.96 Å². The number of guanidine groups is 1. The Kier molecular flexibility index (Phi) is 8.37. The standard InChI is InChI=1S/C13H26N6O/c1-4-5-8-20-9-6-7-15-13(14-2)16-10-12-17-11-18-19(12)3/h11H,4-10H2,1-3H3,(H2,14,15,16). The second-order valence-electron chi connectivity index (χ2n) is 4.47. The zero-order chi connectivity index (χ0) is 14.6. The molecule has 20 heavy (non-hydrogen) atoms. The van der Waals surface area contributed by atoms with E-state index in [9.17, 15) is 0 Å². The second-order valence-corrected chi connectivity index (χ2v) is 4.47. The molecule has 0 aliphatic carbocycles. The molecule has 0 saturated heterocycles. The van der Waals surface area contributed by atoms with Gasteiger partial charge >= 0.3 is 0 Å². The molecule has 1 aromatic heterocycles. The summed E-state index contributed by atoms with van der Waals surface area (Å²) >= 11 is 0. The van der Waals surface area contributed by atoms with E-state index >= 15 is 0 Å². The average molecular weight is 282 g/mol. The molecule has 0 bridgehead atoms. The van der Waals surface area contributed by atoms with E-state index in [1.54, 1.807) is 18.1 Å². The second kappa shape index (κ2) is 10.2. The molecule has 0 aliphatic heterocycles. The Hall–Kier alpha value is -1.63. The van der Waals surface area contributed by atoms with Gasteiger partial charge in [0.25, 0.3) is 0 Å². The molecule has 0 amide bonds. The minimum atomic E-state index is 0.600. The molecule has 2 N–H and O–H groups in total. The number of unbranched alkanes of at least 4 members (excludes halogenated alkanes) is 1. The van der Waals surface area contributed by atoms with Crippen LogP contribution in [0.15, 0.2) is 11.3 Å². The van der Waals surface area contributed by atoms with Crippen molar-refractivity contribution in [3.05, 3.63) is 12.2 Å². The summed E-state index contributed by atoms with van der Waals surface area (Å²) in [6, 6.07) is 0. The van der Waals surface area contributed by atoms with Gasteiger partial charge in [0, 0.05) is 33.9 Å². The van der Waals surface area contributed by atoms with Crippen LogP contribution in [0.2, 0.25) is 0 Å². The monoisotopic (exact) mass is 282 g/mol. The lowest BCUT2D eigenvalue weighted by Gasteiger charge is -2.11. The Labute approximate surface area is 120 Å². The van der Waals surface area contributed by atoms with Gasteiger partial charge in [-0.15, -0.1) is 0 Å². The van der Waals surface area contributed by atoms with Crippen LogP contribution in [0.25, 0.3) is 0 Å². The fraction of sp³-hybridized carbons (Fsp3) is 0.769. The maximum absolute atomic E-state index is 5.50. The maximum Gasteiger partial charge on any atom is 0.191 e. The van der Waals surface area contributed by atoms with Crippen LogP contribution in [0, 0.1) is 0 Å². The number of nitrogens with zero attached hydrogens (tertiary/aromatic N) is 4. The van der Waals surface area contributed by atoms with Crippen LogP contribution in [0.4, 0.5) is 0 Å². The molecule has 0 fully saturated rings. The average Bonchev–Trinajstić information content (AvgIpc) is 2.86. The molecule has 1 aromatic rings. The van der Waals surface area contributed by atoms with Gasteiger partial charge in [0.1, 0.15) is 12.2 Å². The summed E-state index contributed by atoms with van der Waals surface area (Å²) in [6.07, 6.45) is 4.82. The van der Waals surface area contributed by atoms with Crippen molar-refractivity contribution in [1.82, 2.24) is 25.4 Å². The van der Waals surface area contributed by atoms with E-state index in [4.69, 9.17) is 4.74 Å². The van der Waals surface area contributed by atoms with Gasteiger partial charge in [-0.25, -0.2) is 4.98 Å². The summed E-state index contributed by atoms with van der Waals surface area (Å²) in [5.74, 6) is 1.64. The molecule has 114 valence electrons. The van der Waals surface area contributed by atoms with Crippen molar-refractivity contribution in [3.8, 4) is 0 Å². The lowest BCUT2D eigenvalue weighted by Crippen LogP contribution is -2.38. The van der Waals surface area contributed by atoms with E-state index in [1.807, 2.05) is 7.05 Å². The quantitative estimate of drug-likeness (QED) is 0.396. The third-order valence-electron chi connectivity index (χ3n) is 2.84. The van der Waals surface area contributed by atoms with Crippen molar-refractivity contribution in [2.45, 2.75) is 32.7 Å². The van der Waals surface area contributed by atoms with E-state index in [-0.39, 0.29) is 0 Å². The van der Waals surface area contributed by atoms with E-state index in [2.05, 4.69) is 32.6 Å². The largest absolute Gasteiger partial charge is 0.381 e. The molecule has 0 aliphatic rings. The van der Waals surface area contributed by atoms with Gasteiger partial charge in [-0.2, -0.15) is 5.10 Å². The first-order valence-electron chi connectivity index (χ1n) is 7.13. The van der Waals surface area contributed by atoms with Crippen molar-refractivity contribution in [2.24, 2.45) is 12.0 Å². The molecule has 1 heterocycles. The molecule has 0 radical (unpaired) electrons. The van der Waals surface area contributed by atoms with E-state index in [1.165, 1.54) is 6.42 Å². The van der Waals surface area contributed by atoms with Gasteiger partial charge in [-0.1, -0.05) is 13.3 Å². The van der Waals surface area contributed by atoms with Crippen molar-refractivity contribution in [3.63, 3.8) is 0 Å². The number of aromatic nitrogens is 3. The predicted octanol–water partition coefficient (Wildman–Crippen LogP) is 0.687. The molecule has 7 nitrogen and oxygen atoms in total. The summed E-state index contributed by atoms with van der Waals surface area (Å²) in [7, 11) is 3.62. The van der Waals surface area contributed by atoms with Gasteiger partial charge < -0.3 is 15.4 Å². The highest BCUT2D eigenvalue weighted by Gasteiger charge is 2.02. The minimum absolute atomic E-state index is 0.600. The van der Waals surface area contributed by atoms with Crippen molar-refractivity contribution in [1.29, 1.82) is 0 Å². The highest BCUT2D eigenvalue weighted by Crippen LogP contribution is 1.90. The highest BCUT2D eigenvalue weighted by molar-refractivity contribution is 5.79. The fourth-order valence-corrected chi connectivity index (χ4v) is 1.59. The first-order chi connectivity index (χ1) is 9.77. The molecule has 0 saturated carbocycles. The van der Waals surface area contributed by atoms with E-state index < -0.39 is 0 Å². The van der Waals surface area contributed by atoms with Gasteiger partial charge in [0.2, 0.25) is 0 Å². The first kappa shape index (κ1) is 16.4. The zero-order valence-corrected chi connectivity index (χ0v) is 12.7. The molecular formula is C13H26N6O. The number of aryl methyl sites for hydroxylation is 1. The van der Waals surface area contributed by atoms with Crippen LogP contribution in [0.5, 0.6) is 0 Å². The maximum atomic E-state index is 5.50. The van der Waals surface area contributed by atoms with Crippen LogP contribution in [-0.4, -0.2) is 47.5 Å². The zero-order valence-electron chi connectivity index (χ0n) is 12.7. The Morgan fingerprint density at radius 3 is 2.80 bits per heavy atom. The number of ether oxygens (including phenoxy) is 1. The minimum Gasteiger partial charge on any atom is -0.381 e. The number of rotatable bonds is 9. The Balaban J connectivity index is 2.10. The molecule has 0 aromatic carbocycles. The summed E-state index contributed by atoms with van der Waals surface area (Å²) in [5.41, 5.74) is 0. The normalized spacial score (nSPS) is 11.7. The number of hydrogen-bond donors (Lipinski definition) is 2. The van der Waals surface area contributed by atoms with Gasteiger partial charge in [-0.3, -0.25) is 9.67 Å². The van der Waals surface area contributed by atoms with E-state index in [0.29, 0.717) is 6.54 Å². The Morgan fingerprint density at radius 2 is 2.15 bits per heavy atom. The lowest BCUT2D eigenvalue weighted by molar-refractivity contribution is 0.129. The fourth-order valence-electron chi connectivity index (χ4n) is 1.59. The Bertz CT molecular complexity index is 390. The van der Waals surface area contributed by atoms with Crippen LogP contribution in [0.1, 0.15) is 32.0 Å². The van der Waals surface area contributed by atoms with Crippen molar-refractivity contribution < 1.29 is 4.74 Å². The van der Waals surface area contributed by atoms with Crippen LogP contribution >= 0.6 is 0 Å². The topological polar surface area (TPSA) is 76.4 Å². The molecule has 0 atom stereocenters. The first-order valence-corrected chi connectivity index (χ1v) is 7.13. The number of aliphatic imine (C=N–C) groups is 1. The molecule has 1 rings (SSSR count). The summed E-state index contributed by atoms with van der Waals surface area (Å²) in [5, 5.41) is 10.5. The third kappa shape index (κ3) is 6.51. The predicted molar refractivity (Wildman–Crippen MR) is 79.5 cm³/mol. The number of nitrogens with one attached hydrogen (secondary N) is 2. The van der Waals surface area contributed by atoms with Crippen LogP contribution in [-0.2, 0) is 18.3 Å². The lowest BCUT2D eigenvalue weighted by atomic mass is 10.4. The van der Waals surface area contributed by atoms with Crippen LogP contribution in [0.3, 0.4) is 0 Å². The molecule has 7 heteroatoms. The van der Waals surface area contributed by atoms with Crippen molar-refractivity contribution >= 4 is 5.96 Å². The van der Waals surface area contributed by atoms with Gasteiger partial charge in [-0.05, 0) is 12.8 Å². The summed E-state index contributed by atoms with van der Waals surface area (Å²) in [6.45, 7) is 5.24. The molecule has 0 spiro atoms. The smallest absolute Gasteiger partial charge is 0.191 e. The third-order valence-corrected chi connectivity index (χ3v) is 2.84. The summed E-state index contributed by atoms with van der Waals surface area (Å²) in [4.78, 5) is 8.31. The van der Waals surface area contributed by atoms with Gasteiger partial charge in [0.05, 0.1) is 6.54 Å². The Morgan fingerprint density at radius 1 is 1.35 bits per heavy atom. The van der Waals surface area contributed by atoms with E-state index in [0.717, 1.165) is 44.4 Å². The molecular weight excluding hydrogens is 256 g/mol. The highest BCUT2D eigenvalue weighted by atomic mass is 16.5. The van der Waals surface area contributed by atoms with Crippen molar-refractivity contribution in [2.75, 3.05) is 26.8 Å². The number of hydrogen-bond acceptors (Lipinski definition) is 4.